The molecular formula is C25H30FN5O6. The van der Waals surface area contributed by atoms with E-state index < -0.39 is 36.7 Å². The molecule has 0 saturated heterocycles. The monoisotopic (exact) mass is 515 g/mol. The minimum Gasteiger partial charge on any atom is -0.478 e. The molecule has 3 N–H and O–H groups in total. The van der Waals surface area contributed by atoms with Gasteiger partial charge >= 0.3 is 5.97 Å². The van der Waals surface area contributed by atoms with Gasteiger partial charge in [0.05, 0.1) is 35.7 Å². The maximum absolute atomic E-state index is 14.1. The second-order valence-corrected chi connectivity index (χ2v) is 10.6. The quantitative estimate of drug-likeness (QED) is 0.401. The summed E-state index contributed by atoms with van der Waals surface area (Å²) in [4.78, 5) is 38.6. The van der Waals surface area contributed by atoms with Gasteiger partial charge in [-0.1, -0.05) is 51.9 Å². The van der Waals surface area contributed by atoms with E-state index >= 15 is 0 Å². The van der Waals surface area contributed by atoms with Gasteiger partial charge in [-0.3, -0.25) is 20.2 Å². The number of carboxylic acid groups (broad SMARTS) is 1. The van der Waals surface area contributed by atoms with Crippen LogP contribution in [0.2, 0.25) is 0 Å². The molecule has 0 aliphatic heterocycles. The van der Waals surface area contributed by atoms with Crippen molar-refractivity contribution >= 4 is 35.2 Å². The van der Waals surface area contributed by atoms with Crippen molar-refractivity contribution in [1.82, 2.24) is 10.3 Å². The van der Waals surface area contributed by atoms with Crippen LogP contribution in [0.5, 0.6) is 0 Å². The van der Waals surface area contributed by atoms with Crippen molar-refractivity contribution in [3.63, 3.8) is 0 Å². The van der Waals surface area contributed by atoms with E-state index in [0.29, 0.717) is 11.4 Å². The first-order valence-electron chi connectivity index (χ1n) is 11.5. The third-order valence-electron chi connectivity index (χ3n) is 5.28. The lowest BCUT2D eigenvalue weighted by Crippen LogP contribution is -2.39. The fraction of sp³-hybridized carbons (Fsp3) is 0.400. The zero-order valence-corrected chi connectivity index (χ0v) is 21.5. The fourth-order valence-corrected chi connectivity index (χ4v) is 3.25. The normalized spacial score (nSPS) is 11.8. The van der Waals surface area contributed by atoms with Crippen molar-refractivity contribution in [3.05, 3.63) is 53.1 Å². The highest BCUT2D eigenvalue weighted by Crippen LogP contribution is 2.26. The van der Waals surface area contributed by atoms with Gasteiger partial charge in [0.15, 0.2) is 0 Å². The molecule has 0 unspecified atom stereocenters. The lowest BCUT2D eigenvalue weighted by molar-refractivity contribution is -0.115. The molecule has 0 atom stereocenters. The average Bonchev–Trinajstić information content (AvgIpc) is 3.42. The summed E-state index contributed by atoms with van der Waals surface area (Å²) in [6, 6.07) is 6.12. The topological polar surface area (TPSA) is 151 Å². The van der Waals surface area contributed by atoms with Gasteiger partial charge in [-0.25, -0.2) is 9.18 Å². The Kier molecular flexibility index (Phi) is 7.70. The van der Waals surface area contributed by atoms with Crippen molar-refractivity contribution < 1.29 is 32.9 Å². The van der Waals surface area contributed by atoms with Crippen LogP contribution in [0.4, 0.5) is 21.8 Å². The van der Waals surface area contributed by atoms with Crippen molar-refractivity contribution in [2.45, 2.75) is 52.4 Å². The number of aromatic nitrogens is 2. The molecule has 1 aromatic carbocycles. The van der Waals surface area contributed by atoms with E-state index in [0.717, 1.165) is 23.1 Å². The zero-order valence-electron chi connectivity index (χ0n) is 21.5. The van der Waals surface area contributed by atoms with Crippen LogP contribution in [0.25, 0.3) is 0 Å². The number of nitrogens with zero attached hydrogens (tertiary/aromatic N) is 3. The number of hydrogen-bond donors (Lipinski definition) is 3. The van der Waals surface area contributed by atoms with E-state index in [1.54, 1.807) is 12.1 Å². The van der Waals surface area contributed by atoms with Crippen LogP contribution in [-0.4, -0.2) is 46.3 Å². The molecule has 2 amide bonds. The molecule has 11 nitrogen and oxygen atoms in total. The van der Waals surface area contributed by atoms with E-state index in [9.17, 15) is 23.9 Å². The Hall–Kier alpha value is -4.22. The molecule has 0 bridgehead atoms. The summed E-state index contributed by atoms with van der Waals surface area (Å²) < 4.78 is 24.4. The van der Waals surface area contributed by atoms with Gasteiger partial charge in [-0.15, -0.1) is 0 Å². The molecule has 0 fully saturated rings. The van der Waals surface area contributed by atoms with Gasteiger partial charge in [-0.05, 0) is 18.2 Å². The largest absolute Gasteiger partial charge is 0.478 e. The van der Waals surface area contributed by atoms with E-state index in [1.807, 2.05) is 41.5 Å². The molecule has 2 heterocycles. The summed E-state index contributed by atoms with van der Waals surface area (Å²) in [7, 11) is 0. The highest BCUT2D eigenvalue weighted by Gasteiger charge is 2.25. The molecule has 3 rings (SSSR count). The van der Waals surface area contributed by atoms with Gasteiger partial charge in [0.2, 0.25) is 23.6 Å². The molecule has 3 aromatic rings. The third kappa shape index (κ3) is 7.15. The van der Waals surface area contributed by atoms with Crippen molar-refractivity contribution in [2.75, 3.05) is 28.6 Å². The lowest BCUT2D eigenvalue weighted by atomic mass is 9.92. The lowest BCUT2D eigenvalue weighted by Gasteiger charge is -2.24. The number of amides is 2. The molecule has 0 saturated carbocycles. The first-order chi connectivity index (χ1) is 17.1. The van der Waals surface area contributed by atoms with Crippen molar-refractivity contribution in [2.24, 2.45) is 0 Å². The number of anilines is 3. The number of rotatable bonds is 8. The Bertz CT molecular complexity index is 1230. The molecule has 2 aromatic heterocycles. The maximum atomic E-state index is 14.1. The number of nitrogens with one attached hydrogen (secondary N) is 2. The van der Waals surface area contributed by atoms with Gasteiger partial charge in [0.1, 0.15) is 5.82 Å². The highest BCUT2D eigenvalue weighted by atomic mass is 19.1. The van der Waals surface area contributed by atoms with Gasteiger partial charge < -0.3 is 19.1 Å². The third-order valence-corrected chi connectivity index (χ3v) is 5.28. The summed E-state index contributed by atoms with van der Waals surface area (Å²) in [6.07, 6.45) is 0. The standard InChI is InChI=1S/C25H30FN5O6/c1-24(2,3)17-10-21(36-29-17)27-19(32)12-31(16-9-14(26)7-8-15(16)23(34)35)13-20(33)28-22-11-18(30-37-22)25(4,5)6/h7-11H,12-13H2,1-6H3,(H,27,32)(H,28,33)(H,34,35). The summed E-state index contributed by atoms with van der Waals surface area (Å²) in [5.41, 5.74) is 0.146. The molecule has 12 heteroatoms. The van der Waals surface area contributed by atoms with Crippen LogP contribution in [0, 0.1) is 5.82 Å². The average molecular weight is 516 g/mol. The summed E-state index contributed by atoms with van der Waals surface area (Å²) in [5.74, 6) is -3.21. The highest BCUT2D eigenvalue weighted by molar-refractivity contribution is 6.00. The molecule has 0 aliphatic rings. The number of halogens is 1. The van der Waals surface area contributed by atoms with Crippen LogP contribution in [-0.2, 0) is 20.4 Å². The summed E-state index contributed by atoms with van der Waals surface area (Å²) in [5, 5.41) is 22.5. The smallest absolute Gasteiger partial charge is 0.337 e. The minimum atomic E-state index is -1.35. The van der Waals surface area contributed by atoms with E-state index in [-0.39, 0.29) is 33.8 Å². The molecule has 0 spiro atoms. The molecular weight excluding hydrogens is 485 g/mol. The van der Waals surface area contributed by atoms with Gasteiger partial charge in [-0.2, -0.15) is 0 Å². The second-order valence-electron chi connectivity index (χ2n) is 10.6. The Morgan fingerprint density at radius 1 is 0.865 bits per heavy atom. The fourth-order valence-electron chi connectivity index (χ4n) is 3.25. The number of carbonyl (C=O) groups is 3. The minimum absolute atomic E-state index is 0.0772. The number of aromatic carboxylic acids is 1. The van der Waals surface area contributed by atoms with Crippen molar-refractivity contribution in [3.8, 4) is 0 Å². The van der Waals surface area contributed by atoms with E-state index in [2.05, 4.69) is 20.9 Å². The Morgan fingerprint density at radius 2 is 1.32 bits per heavy atom. The first kappa shape index (κ1) is 27.4. The maximum Gasteiger partial charge on any atom is 0.337 e. The van der Waals surface area contributed by atoms with Crippen LogP contribution in [0.1, 0.15) is 63.3 Å². The number of hydrogen-bond acceptors (Lipinski definition) is 8. The number of carbonyl (C=O) groups excluding carboxylic acids is 2. The molecule has 37 heavy (non-hydrogen) atoms. The Morgan fingerprint density at radius 3 is 1.70 bits per heavy atom. The van der Waals surface area contributed by atoms with Gasteiger partial charge in [0.25, 0.3) is 0 Å². The van der Waals surface area contributed by atoms with E-state index in [1.165, 1.54) is 0 Å². The summed E-state index contributed by atoms with van der Waals surface area (Å²) >= 11 is 0. The number of benzene rings is 1. The van der Waals surface area contributed by atoms with E-state index in [4.69, 9.17) is 9.05 Å². The number of carboxylic acids is 1. The molecule has 0 radical (unpaired) electrons. The van der Waals surface area contributed by atoms with Crippen LogP contribution in [0.3, 0.4) is 0 Å². The predicted molar refractivity (Wildman–Crippen MR) is 133 cm³/mol. The Labute approximate surface area is 213 Å². The van der Waals surface area contributed by atoms with Crippen LogP contribution in [0.15, 0.2) is 39.4 Å². The van der Waals surface area contributed by atoms with Crippen molar-refractivity contribution in [1.29, 1.82) is 0 Å². The second kappa shape index (κ2) is 10.4. The SMILES string of the molecule is CC(C)(C)c1cc(NC(=O)CN(CC(=O)Nc2cc(C(C)(C)C)no2)c2cc(F)ccc2C(=O)O)on1. The molecule has 198 valence electrons. The summed E-state index contributed by atoms with van der Waals surface area (Å²) in [6.45, 7) is 10.6. The van der Waals surface area contributed by atoms with Crippen LogP contribution >= 0.6 is 0 Å². The predicted octanol–water partition coefficient (Wildman–Crippen LogP) is 4.18. The molecule has 0 aliphatic carbocycles. The zero-order chi connectivity index (χ0) is 27.5. The van der Waals surface area contributed by atoms with Crippen LogP contribution < -0.4 is 15.5 Å². The Balaban J connectivity index is 1.83. The van der Waals surface area contributed by atoms with Gasteiger partial charge in [0, 0.05) is 23.0 Å². The first-order valence-corrected chi connectivity index (χ1v) is 11.5.